The first kappa shape index (κ1) is 15.2. The van der Waals surface area contributed by atoms with Gasteiger partial charge in [0.2, 0.25) is 5.91 Å². The second-order valence-corrected chi connectivity index (χ2v) is 6.14. The van der Waals surface area contributed by atoms with Crippen molar-refractivity contribution in [2.75, 3.05) is 13.1 Å². The molecule has 0 unspecified atom stereocenters. The molecule has 0 aromatic carbocycles. The minimum Gasteiger partial charge on any atom is -0.341 e. The van der Waals surface area contributed by atoms with Gasteiger partial charge in [0.05, 0.1) is 9.35 Å². The molecule has 0 fully saturated rings. The molecule has 0 aliphatic heterocycles. The molecule has 1 aromatic heterocycles. The van der Waals surface area contributed by atoms with Gasteiger partial charge in [0.1, 0.15) is 6.04 Å². The Morgan fingerprint density at radius 3 is 2.50 bits per heavy atom. The van der Waals surface area contributed by atoms with Gasteiger partial charge in [0.25, 0.3) is 5.91 Å². The fourth-order valence-corrected chi connectivity index (χ4v) is 2.72. The number of hydrogen-bond donors (Lipinski definition) is 1. The summed E-state index contributed by atoms with van der Waals surface area (Å²) < 4.78 is 0.898. The number of nitrogens with zero attached hydrogens (tertiary/aromatic N) is 1. The lowest BCUT2D eigenvalue weighted by Crippen LogP contribution is -2.46. The maximum absolute atomic E-state index is 12.0. The third-order valence-corrected chi connectivity index (χ3v) is 4.13. The van der Waals surface area contributed by atoms with Gasteiger partial charge in [-0.15, -0.1) is 11.3 Å². The van der Waals surface area contributed by atoms with Crippen LogP contribution in [0.4, 0.5) is 0 Å². The van der Waals surface area contributed by atoms with Crippen molar-refractivity contribution in [3.05, 3.63) is 20.8 Å². The molecule has 0 saturated heterocycles. The van der Waals surface area contributed by atoms with Crippen molar-refractivity contribution in [3.8, 4) is 0 Å². The first-order valence-electron chi connectivity index (χ1n) is 5.83. The molecule has 1 atom stereocenters. The summed E-state index contributed by atoms with van der Waals surface area (Å²) in [6, 6.07) is 1.24. The van der Waals surface area contributed by atoms with Crippen LogP contribution in [0.5, 0.6) is 0 Å². The summed E-state index contributed by atoms with van der Waals surface area (Å²) in [5.41, 5.74) is 0.575. The summed E-state index contributed by atoms with van der Waals surface area (Å²) in [6.45, 7) is 6.86. The van der Waals surface area contributed by atoms with Crippen LogP contribution >= 0.6 is 27.3 Å². The summed E-state index contributed by atoms with van der Waals surface area (Å²) in [5.74, 6) is -0.271. The lowest BCUT2D eigenvalue weighted by molar-refractivity contribution is -0.132. The molecule has 0 spiro atoms. The van der Waals surface area contributed by atoms with Crippen molar-refractivity contribution in [2.24, 2.45) is 0 Å². The quantitative estimate of drug-likeness (QED) is 0.900. The molecule has 100 valence electrons. The van der Waals surface area contributed by atoms with E-state index in [0.29, 0.717) is 18.7 Å². The van der Waals surface area contributed by atoms with Crippen LogP contribution in [0.1, 0.15) is 31.1 Å². The van der Waals surface area contributed by atoms with Crippen molar-refractivity contribution in [3.63, 3.8) is 0 Å². The first-order chi connectivity index (χ1) is 8.49. The van der Waals surface area contributed by atoms with Gasteiger partial charge in [-0.3, -0.25) is 9.59 Å². The number of carbonyl (C=O) groups is 2. The van der Waals surface area contributed by atoms with Gasteiger partial charge in [-0.1, -0.05) is 0 Å². The molecule has 18 heavy (non-hydrogen) atoms. The van der Waals surface area contributed by atoms with E-state index in [2.05, 4.69) is 21.2 Å². The van der Waals surface area contributed by atoms with E-state index in [9.17, 15) is 9.59 Å². The van der Waals surface area contributed by atoms with Gasteiger partial charge in [0.15, 0.2) is 0 Å². The fraction of sp³-hybridized carbons (Fsp3) is 0.500. The maximum atomic E-state index is 12.0. The number of amides is 2. The maximum Gasteiger partial charge on any atom is 0.252 e. The van der Waals surface area contributed by atoms with E-state index in [1.165, 1.54) is 11.3 Å². The second kappa shape index (κ2) is 6.89. The molecule has 1 N–H and O–H groups in total. The largest absolute Gasteiger partial charge is 0.341 e. The van der Waals surface area contributed by atoms with Crippen molar-refractivity contribution < 1.29 is 9.59 Å². The van der Waals surface area contributed by atoms with Crippen molar-refractivity contribution >= 4 is 39.1 Å². The van der Waals surface area contributed by atoms with Gasteiger partial charge < -0.3 is 10.2 Å². The Morgan fingerprint density at radius 1 is 1.44 bits per heavy atom. The van der Waals surface area contributed by atoms with Gasteiger partial charge in [-0.05, 0) is 42.8 Å². The van der Waals surface area contributed by atoms with Gasteiger partial charge >= 0.3 is 0 Å². The monoisotopic (exact) mass is 332 g/mol. The number of nitrogens with one attached hydrogen (secondary N) is 1. The van der Waals surface area contributed by atoms with Crippen molar-refractivity contribution in [1.29, 1.82) is 0 Å². The third kappa shape index (κ3) is 3.81. The Kier molecular flexibility index (Phi) is 5.81. The lowest BCUT2D eigenvalue weighted by Gasteiger charge is -2.23. The number of thiophene rings is 1. The van der Waals surface area contributed by atoms with E-state index >= 15 is 0 Å². The fourth-order valence-electron chi connectivity index (χ4n) is 1.58. The summed E-state index contributed by atoms with van der Waals surface area (Å²) in [6.07, 6.45) is 0. The normalized spacial score (nSPS) is 12.0. The zero-order valence-electron chi connectivity index (χ0n) is 10.7. The molecule has 0 aliphatic carbocycles. The molecule has 6 heteroatoms. The molecule has 0 saturated carbocycles. The number of hydrogen-bond acceptors (Lipinski definition) is 3. The van der Waals surface area contributed by atoms with Gasteiger partial charge in [-0.25, -0.2) is 0 Å². The average molecular weight is 333 g/mol. The second-order valence-electron chi connectivity index (χ2n) is 3.85. The SMILES string of the molecule is CCN(CC)C(=O)[C@@H](C)NC(=O)c1csc(Br)c1. The zero-order valence-corrected chi connectivity index (χ0v) is 13.1. The highest BCUT2D eigenvalue weighted by Gasteiger charge is 2.20. The standard InChI is InChI=1S/C12H17BrN2O2S/c1-4-15(5-2)12(17)8(3)14-11(16)9-6-10(13)18-7-9/h6-8H,4-5H2,1-3H3,(H,14,16)/t8-/m1/s1. The van der Waals surface area contributed by atoms with Crippen LogP contribution in [-0.4, -0.2) is 35.8 Å². The molecule has 1 rings (SSSR count). The van der Waals surface area contributed by atoms with Gasteiger partial charge in [-0.2, -0.15) is 0 Å². The summed E-state index contributed by atoms with van der Waals surface area (Å²) >= 11 is 4.75. The number of likely N-dealkylation sites (N-methyl/N-ethyl adjacent to an activating group) is 1. The highest BCUT2D eigenvalue weighted by molar-refractivity contribution is 9.11. The molecule has 1 heterocycles. The molecule has 4 nitrogen and oxygen atoms in total. The predicted molar refractivity (Wildman–Crippen MR) is 76.9 cm³/mol. The Bertz CT molecular complexity index is 429. The average Bonchev–Trinajstić information content (AvgIpc) is 2.77. The van der Waals surface area contributed by atoms with Crippen LogP contribution in [0.25, 0.3) is 0 Å². The minimum atomic E-state index is -0.504. The Labute approximate surface area is 119 Å². The van der Waals surface area contributed by atoms with E-state index in [-0.39, 0.29) is 11.8 Å². The molecule has 0 radical (unpaired) electrons. The van der Waals surface area contributed by atoms with Crippen LogP contribution in [0.15, 0.2) is 15.2 Å². The van der Waals surface area contributed by atoms with Crippen molar-refractivity contribution in [1.82, 2.24) is 10.2 Å². The van der Waals surface area contributed by atoms with Crippen LogP contribution in [0.2, 0.25) is 0 Å². The molecule has 1 aromatic rings. The third-order valence-electron chi connectivity index (χ3n) is 2.62. The lowest BCUT2D eigenvalue weighted by atomic mass is 10.2. The molecule has 2 amide bonds. The van der Waals surface area contributed by atoms with Crippen LogP contribution < -0.4 is 5.32 Å². The number of halogens is 1. The topological polar surface area (TPSA) is 49.4 Å². The minimum absolute atomic E-state index is 0.0531. The van der Waals surface area contributed by atoms with Crippen LogP contribution in [-0.2, 0) is 4.79 Å². The summed E-state index contributed by atoms with van der Waals surface area (Å²) in [4.78, 5) is 25.6. The Balaban J connectivity index is 2.62. The first-order valence-corrected chi connectivity index (χ1v) is 7.50. The van der Waals surface area contributed by atoms with Crippen molar-refractivity contribution in [2.45, 2.75) is 26.8 Å². The van der Waals surface area contributed by atoms with E-state index in [1.54, 1.807) is 23.3 Å². The molecular formula is C12H17BrN2O2S. The van der Waals surface area contributed by atoms with E-state index < -0.39 is 6.04 Å². The van der Waals surface area contributed by atoms with E-state index in [4.69, 9.17) is 0 Å². The van der Waals surface area contributed by atoms with Gasteiger partial charge in [0, 0.05) is 18.5 Å². The van der Waals surface area contributed by atoms with Crippen LogP contribution in [0.3, 0.4) is 0 Å². The predicted octanol–water partition coefficient (Wildman–Crippen LogP) is 2.50. The zero-order chi connectivity index (χ0) is 13.7. The number of rotatable bonds is 5. The smallest absolute Gasteiger partial charge is 0.252 e. The molecule has 0 aliphatic rings. The summed E-state index contributed by atoms with van der Waals surface area (Å²) in [5, 5.41) is 4.47. The van der Waals surface area contributed by atoms with E-state index in [0.717, 1.165) is 3.79 Å². The molecule has 0 bridgehead atoms. The Hall–Kier alpha value is -0.880. The Morgan fingerprint density at radius 2 is 2.06 bits per heavy atom. The highest BCUT2D eigenvalue weighted by Crippen LogP contribution is 2.20. The summed E-state index contributed by atoms with van der Waals surface area (Å²) in [7, 11) is 0. The number of carbonyl (C=O) groups excluding carboxylic acids is 2. The van der Waals surface area contributed by atoms with Crippen LogP contribution in [0, 0.1) is 0 Å². The van der Waals surface area contributed by atoms with E-state index in [1.807, 2.05) is 13.8 Å². The molecular weight excluding hydrogens is 316 g/mol. The highest BCUT2D eigenvalue weighted by atomic mass is 79.9.